The van der Waals surface area contributed by atoms with Crippen molar-refractivity contribution in [3.05, 3.63) is 22.4 Å². The van der Waals surface area contributed by atoms with E-state index in [9.17, 15) is 4.79 Å². The number of primary amides is 1. The maximum atomic E-state index is 10.6. The first-order chi connectivity index (χ1) is 6.68. The van der Waals surface area contributed by atoms with Crippen molar-refractivity contribution in [2.45, 2.75) is 12.3 Å². The van der Waals surface area contributed by atoms with E-state index in [1.807, 2.05) is 11.4 Å². The highest BCUT2D eigenvalue weighted by Gasteiger charge is 2.40. The molecule has 0 spiro atoms. The summed E-state index contributed by atoms with van der Waals surface area (Å²) in [6.07, 6.45) is 1.03. The molecule has 4 nitrogen and oxygen atoms in total. The van der Waals surface area contributed by atoms with E-state index in [-0.39, 0.29) is 0 Å². The van der Waals surface area contributed by atoms with E-state index in [0.29, 0.717) is 23.4 Å². The zero-order valence-corrected chi connectivity index (χ0v) is 8.41. The second-order valence-electron chi connectivity index (χ2n) is 3.54. The molecule has 1 aromatic rings. The minimum absolute atomic E-state index is 0.345. The zero-order valence-electron chi connectivity index (χ0n) is 7.59. The van der Waals surface area contributed by atoms with Gasteiger partial charge in [0.15, 0.2) is 0 Å². The summed E-state index contributed by atoms with van der Waals surface area (Å²) in [5, 5.41) is 11.7. The van der Waals surface area contributed by atoms with E-state index in [2.05, 4.69) is 6.07 Å². The highest BCUT2D eigenvalue weighted by Crippen LogP contribution is 2.49. The molecule has 1 aromatic heterocycles. The number of hydrogen-bond acceptors (Lipinski definition) is 3. The van der Waals surface area contributed by atoms with Gasteiger partial charge in [0.25, 0.3) is 0 Å². The molecular formula is C9H12N2O2S. The SMILES string of the molecule is NC(=O)N(O)C[C@@H]1C[C@H]1c1cccs1. The summed E-state index contributed by atoms with van der Waals surface area (Å²) >= 11 is 1.72. The molecule has 1 aliphatic carbocycles. The summed E-state index contributed by atoms with van der Waals surface area (Å²) in [4.78, 5) is 11.9. The van der Waals surface area contributed by atoms with Gasteiger partial charge in [0, 0.05) is 4.88 Å². The third kappa shape index (κ3) is 1.88. The first kappa shape index (κ1) is 9.48. The van der Waals surface area contributed by atoms with Crippen molar-refractivity contribution in [2.75, 3.05) is 6.54 Å². The number of nitrogens with two attached hydrogens (primary N) is 1. The van der Waals surface area contributed by atoms with Crippen LogP contribution < -0.4 is 5.73 Å². The molecule has 0 saturated heterocycles. The standard InChI is InChI=1S/C9H12N2O2S/c10-9(12)11(13)5-6-4-7(6)8-2-1-3-14-8/h1-3,6-7,13H,4-5H2,(H2,10,12)/t6-,7+/m0/s1. The molecule has 0 radical (unpaired) electrons. The van der Waals surface area contributed by atoms with Gasteiger partial charge in [0.1, 0.15) is 0 Å². The van der Waals surface area contributed by atoms with E-state index in [4.69, 9.17) is 10.9 Å². The van der Waals surface area contributed by atoms with E-state index in [1.54, 1.807) is 11.3 Å². The second kappa shape index (κ2) is 3.59. The maximum absolute atomic E-state index is 10.6. The van der Waals surface area contributed by atoms with Gasteiger partial charge in [0.2, 0.25) is 0 Å². The van der Waals surface area contributed by atoms with Crippen LogP contribution in [-0.2, 0) is 0 Å². The Morgan fingerprint density at radius 1 is 1.79 bits per heavy atom. The number of carbonyl (C=O) groups excluding carboxylic acids is 1. The minimum Gasteiger partial charge on any atom is -0.350 e. The lowest BCUT2D eigenvalue weighted by atomic mass is 10.2. The molecule has 0 bridgehead atoms. The van der Waals surface area contributed by atoms with Gasteiger partial charge in [-0.3, -0.25) is 5.21 Å². The fourth-order valence-electron chi connectivity index (χ4n) is 1.61. The Kier molecular flexibility index (Phi) is 2.43. The fraction of sp³-hybridized carbons (Fsp3) is 0.444. The zero-order chi connectivity index (χ0) is 10.1. The molecule has 2 rings (SSSR count). The van der Waals surface area contributed by atoms with Crippen molar-refractivity contribution >= 4 is 17.4 Å². The molecule has 1 saturated carbocycles. The van der Waals surface area contributed by atoms with Crippen LogP contribution in [0.4, 0.5) is 4.79 Å². The third-order valence-electron chi connectivity index (χ3n) is 2.49. The molecule has 0 aliphatic heterocycles. The lowest BCUT2D eigenvalue weighted by molar-refractivity contribution is -0.0431. The number of rotatable bonds is 3. The van der Waals surface area contributed by atoms with Crippen LogP contribution in [0, 0.1) is 5.92 Å². The quantitative estimate of drug-likeness (QED) is 0.590. The average molecular weight is 212 g/mol. The van der Waals surface area contributed by atoms with Gasteiger partial charge in [-0.2, -0.15) is 0 Å². The largest absolute Gasteiger partial charge is 0.350 e. The van der Waals surface area contributed by atoms with Crippen molar-refractivity contribution in [1.82, 2.24) is 5.06 Å². The normalized spacial score (nSPS) is 24.6. The highest BCUT2D eigenvalue weighted by molar-refractivity contribution is 7.10. The topological polar surface area (TPSA) is 66.6 Å². The van der Waals surface area contributed by atoms with Crippen LogP contribution in [0.5, 0.6) is 0 Å². The molecule has 1 fully saturated rings. The van der Waals surface area contributed by atoms with E-state index in [0.717, 1.165) is 6.42 Å². The van der Waals surface area contributed by atoms with Gasteiger partial charge >= 0.3 is 6.03 Å². The van der Waals surface area contributed by atoms with Crippen LogP contribution in [0.1, 0.15) is 17.2 Å². The smallest absolute Gasteiger partial charge is 0.338 e. The Morgan fingerprint density at radius 2 is 2.57 bits per heavy atom. The van der Waals surface area contributed by atoms with Crippen LogP contribution >= 0.6 is 11.3 Å². The summed E-state index contributed by atoms with van der Waals surface area (Å²) in [6, 6.07) is 3.32. The molecule has 1 aliphatic rings. The predicted octanol–water partition coefficient (Wildman–Crippen LogP) is 1.62. The lowest BCUT2D eigenvalue weighted by Crippen LogP contribution is -2.34. The molecule has 5 heteroatoms. The Hall–Kier alpha value is -1.07. The Bertz CT molecular complexity index is 326. The number of urea groups is 1. The third-order valence-corrected chi connectivity index (χ3v) is 3.50. The summed E-state index contributed by atoms with van der Waals surface area (Å²) in [5.74, 6) is 0.871. The summed E-state index contributed by atoms with van der Waals surface area (Å²) in [6.45, 7) is 0.345. The predicted molar refractivity (Wildman–Crippen MR) is 53.2 cm³/mol. The molecule has 2 amide bonds. The fourth-order valence-corrected chi connectivity index (χ4v) is 2.55. The van der Waals surface area contributed by atoms with Crippen molar-refractivity contribution in [3.63, 3.8) is 0 Å². The van der Waals surface area contributed by atoms with Crippen molar-refractivity contribution in [2.24, 2.45) is 11.7 Å². The molecule has 2 atom stereocenters. The van der Waals surface area contributed by atoms with E-state index >= 15 is 0 Å². The van der Waals surface area contributed by atoms with Gasteiger partial charge < -0.3 is 5.73 Å². The van der Waals surface area contributed by atoms with E-state index < -0.39 is 6.03 Å². The number of hydroxylamine groups is 2. The summed E-state index contributed by atoms with van der Waals surface area (Å²) in [5.41, 5.74) is 4.92. The molecule has 1 heterocycles. The van der Waals surface area contributed by atoms with Crippen LogP contribution in [0.15, 0.2) is 17.5 Å². The van der Waals surface area contributed by atoms with Crippen molar-refractivity contribution < 1.29 is 10.0 Å². The van der Waals surface area contributed by atoms with Gasteiger partial charge in [-0.1, -0.05) is 6.07 Å². The average Bonchev–Trinajstić information content (AvgIpc) is 2.70. The van der Waals surface area contributed by atoms with Gasteiger partial charge in [-0.05, 0) is 29.7 Å². The molecule has 76 valence electrons. The summed E-state index contributed by atoms with van der Waals surface area (Å²) < 4.78 is 0. The van der Waals surface area contributed by atoms with Gasteiger partial charge in [-0.15, -0.1) is 11.3 Å². The monoisotopic (exact) mass is 212 g/mol. The van der Waals surface area contributed by atoms with E-state index in [1.165, 1.54) is 4.88 Å². The second-order valence-corrected chi connectivity index (χ2v) is 4.52. The van der Waals surface area contributed by atoms with Gasteiger partial charge in [-0.25, -0.2) is 9.86 Å². The Labute approximate surface area is 85.9 Å². The maximum Gasteiger partial charge on any atom is 0.338 e. The number of carbonyl (C=O) groups is 1. The van der Waals surface area contributed by atoms with Crippen molar-refractivity contribution in [3.8, 4) is 0 Å². The Morgan fingerprint density at radius 3 is 3.14 bits per heavy atom. The molecular weight excluding hydrogens is 200 g/mol. The molecule has 0 unspecified atom stereocenters. The number of hydrogen-bond donors (Lipinski definition) is 2. The van der Waals surface area contributed by atoms with Crippen molar-refractivity contribution in [1.29, 1.82) is 0 Å². The lowest BCUT2D eigenvalue weighted by Gasteiger charge is -2.10. The molecule has 0 aromatic carbocycles. The van der Waals surface area contributed by atoms with Crippen LogP contribution in [0.2, 0.25) is 0 Å². The summed E-state index contributed by atoms with van der Waals surface area (Å²) in [7, 11) is 0. The van der Waals surface area contributed by atoms with Crippen LogP contribution in [-0.4, -0.2) is 22.8 Å². The first-order valence-electron chi connectivity index (χ1n) is 4.47. The first-order valence-corrected chi connectivity index (χ1v) is 5.35. The molecule has 14 heavy (non-hydrogen) atoms. The highest BCUT2D eigenvalue weighted by atomic mass is 32.1. The number of nitrogens with zero attached hydrogens (tertiary/aromatic N) is 1. The number of amides is 2. The van der Waals surface area contributed by atoms with Gasteiger partial charge in [0.05, 0.1) is 6.54 Å². The minimum atomic E-state index is -0.776. The van der Waals surface area contributed by atoms with Crippen LogP contribution in [0.3, 0.4) is 0 Å². The van der Waals surface area contributed by atoms with Crippen LogP contribution in [0.25, 0.3) is 0 Å². The Balaban J connectivity index is 1.85. The number of thiophene rings is 1. The molecule has 3 N–H and O–H groups in total.